The van der Waals surface area contributed by atoms with Crippen LogP contribution in [-0.4, -0.2) is 9.97 Å². The van der Waals surface area contributed by atoms with Crippen LogP contribution in [0.5, 0.6) is 0 Å². The molecule has 0 spiro atoms. The van der Waals surface area contributed by atoms with Gasteiger partial charge in [-0.1, -0.05) is 12.1 Å². The minimum Gasteiger partial charge on any atom is -0.347 e. The SMILES string of the molecule is NCc1nc(-c2cccc(F)c2)c[nH]1. The molecule has 1 aromatic heterocycles. The molecule has 3 N–H and O–H groups in total. The smallest absolute Gasteiger partial charge is 0.123 e. The van der Waals surface area contributed by atoms with Crippen molar-refractivity contribution in [3.05, 3.63) is 42.1 Å². The summed E-state index contributed by atoms with van der Waals surface area (Å²) in [4.78, 5) is 7.11. The number of halogens is 1. The second-order valence-corrected chi connectivity index (χ2v) is 2.95. The van der Waals surface area contributed by atoms with Crippen LogP contribution >= 0.6 is 0 Å². The Bertz CT molecular complexity index is 436. The zero-order chi connectivity index (χ0) is 9.97. The number of benzene rings is 1. The van der Waals surface area contributed by atoms with Crippen molar-refractivity contribution in [1.29, 1.82) is 0 Å². The number of hydrogen-bond acceptors (Lipinski definition) is 2. The highest BCUT2D eigenvalue weighted by molar-refractivity contribution is 5.58. The second-order valence-electron chi connectivity index (χ2n) is 2.95. The molecule has 0 amide bonds. The van der Waals surface area contributed by atoms with Gasteiger partial charge in [-0.05, 0) is 12.1 Å². The van der Waals surface area contributed by atoms with Gasteiger partial charge in [0, 0.05) is 11.8 Å². The molecule has 0 saturated heterocycles. The Hall–Kier alpha value is -1.68. The molecule has 4 heteroatoms. The molecule has 0 atom stereocenters. The van der Waals surface area contributed by atoms with Gasteiger partial charge >= 0.3 is 0 Å². The third kappa shape index (κ3) is 1.65. The summed E-state index contributed by atoms with van der Waals surface area (Å²) < 4.78 is 12.9. The average Bonchev–Trinajstić information content (AvgIpc) is 2.66. The molecule has 0 aliphatic carbocycles. The first kappa shape index (κ1) is 8.90. The van der Waals surface area contributed by atoms with Gasteiger partial charge in [-0.2, -0.15) is 0 Å². The van der Waals surface area contributed by atoms with Crippen LogP contribution in [0.2, 0.25) is 0 Å². The minimum absolute atomic E-state index is 0.264. The van der Waals surface area contributed by atoms with Gasteiger partial charge in [0.25, 0.3) is 0 Å². The lowest BCUT2D eigenvalue weighted by Gasteiger charge is -1.95. The van der Waals surface area contributed by atoms with Gasteiger partial charge in [-0.25, -0.2) is 9.37 Å². The molecule has 14 heavy (non-hydrogen) atoms. The number of rotatable bonds is 2. The van der Waals surface area contributed by atoms with Crippen molar-refractivity contribution in [2.24, 2.45) is 5.73 Å². The summed E-state index contributed by atoms with van der Waals surface area (Å²) in [6, 6.07) is 6.30. The van der Waals surface area contributed by atoms with E-state index in [0.717, 1.165) is 5.56 Å². The maximum absolute atomic E-state index is 12.9. The Morgan fingerprint density at radius 3 is 2.93 bits per heavy atom. The summed E-state index contributed by atoms with van der Waals surface area (Å²) in [6.45, 7) is 0.356. The van der Waals surface area contributed by atoms with Gasteiger partial charge in [-0.15, -0.1) is 0 Å². The fraction of sp³-hybridized carbons (Fsp3) is 0.100. The van der Waals surface area contributed by atoms with E-state index in [4.69, 9.17) is 5.73 Å². The molecular weight excluding hydrogens is 181 g/mol. The Kier molecular flexibility index (Phi) is 2.28. The van der Waals surface area contributed by atoms with Gasteiger partial charge in [0.05, 0.1) is 12.2 Å². The van der Waals surface area contributed by atoms with Crippen LogP contribution < -0.4 is 5.73 Å². The topological polar surface area (TPSA) is 54.7 Å². The first-order valence-electron chi connectivity index (χ1n) is 4.30. The molecule has 2 aromatic rings. The molecule has 0 saturated carbocycles. The number of aromatic amines is 1. The summed E-state index contributed by atoms with van der Waals surface area (Å²) in [5.41, 5.74) is 6.87. The maximum Gasteiger partial charge on any atom is 0.123 e. The first-order valence-corrected chi connectivity index (χ1v) is 4.30. The predicted octanol–water partition coefficient (Wildman–Crippen LogP) is 1.67. The van der Waals surface area contributed by atoms with Crippen molar-refractivity contribution in [1.82, 2.24) is 9.97 Å². The lowest BCUT2D eigenvalue weighted by molar-refractivity contribution is 0.628. The molecule has 0 fully saturated rings. The predicted molar refractivity (Wildman–Crippen MR) is 51.9 cm³/mol. The molecule has 0 aliphatic rings. The van der Waals surface area contributed by atoms with Crippen molar-refractivity contribution in [2.75, 3.05) is 0 Å². The number of imidazole rings is 1. The zero-order valence-corrected chi connectivity index (χ0v) is 7.50. The molecule has 0 aliphatic heterocycles. The Labute approximate surface area is 80.8 Å². The third-order valence-electron chi connectivity index (χ3n) is 1.94. The van der Waals surface area contributed by atoms with Gasteiger partial charge in [0.15, 0.2) is 0 Å². The summed E-state index contributed by atoms with van der Waals surface area (Å²) in [5, 5.41) is 0. The molecule has 1 heterocycles. The molecule has 3 nitrogen and oxygen atoms in total. The molecule has 2 rings (SSSR count). The second kappa shape index (κ2) is 3.59. The molecule has 72 valence electrons. The number of H-pyrrole nitrogens is 1. The van der Waals surface area contributed by atoms with Crippen LogP contribution in [-0.2, 0) is 6.54 Å². The van der Waals surface area contributed by atoms with Crippen molar-refractivity contribution in [3.8, 4) is 11.3 Å². The minimum atomic E-state index is -0.264. The van der Waals surface area contributed by atoms with Crippen LogP contribution in [0.1, 0.15) is 5.82 Å². The maximum atomic E-state index is 12.9. The van der Waals surface area contributed by atoms with Crippen LogP contribution in [0, 0.1) is 5.82 Å². The summed E-state index contributed by atoms with van der Waals surface area (Å²) in [6.07, 6.45) is 1.72. The van der Waals surface area contributed by atoms with Crippen LogP contribution in [0.3, 0.4) is 0 Å². The Morgan fingerprint density at radius 2 is 2.29 bits per heavy atom. The Morgan fingerprint density at radius 1 is 1.43 bits per heavy atom. The summed E-state index contributed by atoms with van der Waals surface area (Å²) >= 11 is 0. The zero-order valence-electron chi connectivity index (χ0n) is 7.50. The highest BCUT2D eigenvalue weighted by Crippen LogP contribution is 2.17. The van der Waals surface area contributed by atoms with Crippen molar-refractivity contribution in [3.63, 3.8) is 0 Å². The van der Waals surface area contributed by atoms with Crippen LogP contribution in [0.4, 0.5) is 4.39 Å². The van der Waals surface area contributed by atoms with E-state index in [1.165, 1.54) is 12.1 Å². The largest absolute Gasteiger partial charge is 0.347 e. The number of nitrogens with zero attached hydrogens (tertiary/aromatic N) is 1. The molecule has 0 bridgehead atoms. The molecule has 0 radical (unpaired) electrons. The van der Waals surface area contributed by atoms with E-state index < -0.39 is 0 Å². The number of hydrogen-bond donors (Lipinski definition) is 2. The fourth-order valence-electron chi connectivity index (χ4n) is 1.26. The van der Waals surface area contributed by atoms with Crippen LogP contribution in [0.25, 0.3) is 11.3 Å². The number of nitrogens with two attached hydrogens (primary N) is 1. The van der Waals surface area contributed by atoms with Crippen molar-refractivity contribution in [2.45, 2.75) is 6.54 Å². The van der Waals surface area contributed by atoms with E-state index in [2.05, 4.69) is 9.97 Å². The number of aromatic nitrogens is 2. The highest BCUT2D eigenvalue weighted by Gasteiger charge is 2.02. The lowest BCUT2D eigenvalue weighted by Crippen LogP contribution is -1.97. The van der Waals surface area contributed by atoms with Gasteiger partial charge in [0.2, 0.25) is 0 Å². The molecular formula is C10H10FN3. The number of nitrogens with one attached hydrogen (secondary N) is 1. The van der Waals surface area contributed by atoms with Crippen molar-refractivity contribution >= 4 is 0 Å². The average molecular weight is 191 g/mol. The lowest BCUT2D eigenvalue weighted by atomic mass is 10.2. The highest BCUT2D eigenvalue weighted by atomic mass is 19.1. The quantitative estimate of drug-likeness (QED) is 0.758. The summed E-state index contributed by atoms with van der Waals surface area (Å²) in [5.74, 6) is 0.434. The normalized spacial score (nSPS) is 10.4. The van der Waals surface area contributed by atoms with E-state index in [1.807, 2.05) is 0 Å². The van der Waals surface area contributed by atoms with E-state index in [1.54, 1.807) is 18.3 Å². The third-order valence-corrected chi connectivity index (χ3v) is 1.94. The van der Waals surface area contributed by atoms with E-state index in [-0.39, 0.29) is 5.82 Å². The summed E-state index contributed by atoms with van der Waals surface area (Å²) in [7, 11) is 0. The fourth-order valence-corrected chi connectivity index (χ4v) is 1.26. The monoisotopic (exact) mass is 191 g/mol. The Balaban J connectivity index is 2.39. The standard InChI is InChI=1S/C10H10FN3/c11-8-3-1-2-7(4-8)9-6-13-10(5-12)14-9/h1-4,6H,5,12H2,(H,13,14). The van der Waals surface area contributed by atoms with Gasteiger partial charge in [-0.3, -0.25) is 0 Å². The van der Waals surface area contributed by atoms with E-state index in [0.29, 0.717) is 18.1 Å². The molecule has 1 aromatic carbocycles. The van der Waals surface area contributed by atoms with E-state index >= 15 is 0 Å². The first-order chi connectivity index (χ1) is 6.79. The molecule has 0 unspecified atom stereocenters. The van der Waals surface area contributed by atoms with Gasteiger partial charge in [0.1, 0.15) is 11.6 Å². The van der Waals surface area contributed by atoms with Crippen molar-refractivity contribution < 1.29 is 4.39 Å². The van der Waals surface area contributed by atoms with E-state index in [9.17, 15) is 4.39 Å². The van der Waals surface area contributed by atoms with Gasteiger partial charge < -0.3 is 10.7 Å². The van der Waals surface area contributed by atoms with Crippen LogP contribution in [0.15, 0.2) is 30.5 Å².